The maximum Gasteiger partial charge on any atom is 0.325 e. The molecule has 3 heterocycles. The van der Waals surface area contributed by atoms with Crippen LogP contribution in [0.25, 0.3) is 16.9 Å². The van der Waals surface area contributed by atoms with Crippen LogP contribution in [0.15, 0.2) is 46.2 Å². The highest BCUT2D eigenvalue weighted by atomic mass is 19.1. The van der Waals surface area contributed by atoms with Gasteiger partial charge < -0.3 is 4.98 Å². The van der Waals surface area contributed by atoms with E-state index in [0.29, 0.717) is 29.2 Å². The summed E-state index contributed by atoms with van der Waals surface area (Å²) >= 11 is 0. The van der Waals surface area contributed by atoms with Crippen LogP contribution in [-0.4, -0.2) is 24.6 Å². The third kappa shape index (κ3) is 3.08. The van der Waals surface area contributed by atoms with E-state index in [1.54, 1.807) is 10.6 Å². The van der Waals surface area contributed by atoms with Gasteiger partial charge in [-0.2, -0.15) is 5.10 Å². The number of hydrogen-bond donors (Lipinski definition) is 2. The molecule has 2 atom stereocenters. The Kier molecular flexibility index (Phi) is 3.77. The molecule has 0 aliphatic heterocycles. The summed E-state index contributed by atoms with van der Waals surface area (Å²) in [5.41, 5.74) is 2.45. The number of imidazole rings is 1. The molecule has 156 valence electrons. The van der Waals surface area contributed by atoms with Gasteiger partial charge in [0.05, 0.1) is 23.1 Å². The van der Waals surface area contributed by atoms with Crippen LogP contribution in [-0.2, 0) is 0 Å². The summed E-state index contributed by atoms with van der Waals surface area (Å²) in [6.07, 6.45) is 6.06. The summed E-state index contributed by atoms with van der Waals surface area (Å²) in [7, 11) is 0. The first kappa shape index (κ1) is 18.2. The lowest BCUT2D eigenvalue weighted by Gasteiger charge is -2.08. The third-order valence-electron chi connectivity index (χ3n) is 6.12. The lowest BCUT2D eigenvalue weighted by Crippen LogP contribution is -2.23. The highest BCUT2D eigenvalue weighted by Gasteiger charge is 2.43. The van der Waals surface area contributed by atoms with Crippen LogP contribution >= 0.6 is 0 Å². The molecule has 0 saturated heterocycles. The van der Waals surface area contributed by atoms with E-state index in [9.17, 15) is 18.4 Å². The van der Waals surface area contributed by atoms with Crippen molar-refractivity contribution in [2.45, 2.75) is 37.0 Å². The molecular weight excluding hydrogens is 404 g/mol. The minimum atomic E-state index is -0.605. The molecule has 1 aromatic carbocycles. The van der Waals surface area contributed by atoms with Gasteiger partial charge in [-0.15, -0.1) is 0 Å². The van der Waals surface area contributed by atoms with Gasteiger partial charge in [-0.25, -0.2) is 23.1 Å². The molecule has 2 saturated carbocycles. The van der Waals surface area contributed by atoms with Gasteiger partial charge >= 0.3 is 5.69 Å². The lowest BCUT2D eigenvalue weighted by atomic mass is 10.0. The summed E-state index contributed by atoms with van der Waals surface area (Å²) in [6.45, 7) is 0. The molecule has 6 rings (SSSR count). The molecule has 0 bridgehead atoms. The Morgan fingerprint density at radius 3 is 2.61 bits per heavy atom. The van der Waals surface area contributed by atoms with Crippen molar-refractivity contribution in [3.05, 3.63) is 86.0 Å². The highest BCUT2D eigenvalue weighted by molar-refractivity contribution is 5.64. The first-order valence-corrected chi connectivity index (χ1v) is 10.2. The first-order valence-electron chi connectivity index (χ1n) is 10.2. The molecule has 4 aromatic rings. The predicted octanol–water partition coefficient (Wildman–Crippen LogP) is 3.20. The summed E-state index contributed by atoms with van der Waals surface area (Å²) < 4.78 is 29.3. The zero-order chi connectivity index (χ0) is 21.3. The van der Waals surface area contributed by atoms with E-state index in [0.717, 1.165) is 30.2 Å². The Labute approximate surface area is 173 Å². The molecule has 0 radical (unpaired) electrons. The fourth-order valence-electron chi connectivity index (χ4n) is 4.28. The van der Waals surface area contributed by atoms with Crippen molar-refractivity contribution < 1.29 is 8.78 Å². The van der Waals surface area contributed by atoms with E-state index in [-0.39, 0.29) is 17.4 Å². The molecule has 0 spiro atoms. The second-order valence-electron chi connectivity index (χ2n) is 8.29. The Morgan fingerprint density at radius 2 is 1.87 bits per heavy atom. The average molecular weight is 421 g/mol. The minimum absolute atomic E-state index is 0.0273. The molecule has 7 nitrogen and oxygen atoms in total. The number of hydrogen-bond acceptors (Lipinski definition) is 4. The maximum absolute atomic E-state index is 14.3. The Morgan fingerprint density at radius 1 is 1.06 bits per heavy atom. The van der Waals surface area contributed by atoms with E-state index in [4.69, 9.17) is 4.98 Å². The van der Waals surface area contributed by atoms with Gasteiger partial charge in [0.15, 0.2) is 5.65 Å². The van der Waals surface area contributed by atoms with Gasteiger partial charge in [-0.1, -0.05) is 6.07 Å². The van der Waals surface area contributed by atoms with Gasteiger partial charge in [0.25, 0.3) is 5.56 Å². The maximum atomic E-state index is 14.3. The van der Waals surface area contributed by atoms with E-state index in [1.165, 1.54) is 18.3 Å². The fraction of sp³-hybridized carbons (Fsp3) is 0.273. The van der Waals surface area contributed by atoms with Crippen LogP contribution in [0.2, 0.25) is 0 Å². The average Bonchev–Trinajstić information content (AvgIpc) is 3.64. The smallest absolute Gasteiger partial charge is 0.313 e. The normalized spacial score (nSPS) is 20.3. The van der Waals surface area contributed by atoms with Crippen molar-refractivity contribution in [1.82, 2.24) is 24.6 Å². The highest BCUT2D eigenvalue weighted by Crippen LogP contribution is 2.56. The summed E-state index contributed by atoms with van der Waals surface area (Å²) in [6, 6.07) is 5.44. The van der Waals surface area contributed by atoms with Crippen LogP contribution in [0.5, 0.6) is 0 Å². The second-order valence-corrected chi connectivity index (χ2v) is 8.29. The predicted molar refractivity (Wildman–Crippen MR) is 108 cm³/mol. The van der Waals surface area contributed by atoms with Crippen molar-refractivity contribution in [3.63, 3.8) is 0 Å². The Hall–Kier alpha value is -3.62. The standard InChI is InChI=1S/C22H17F2N5O2/c23-11-3-4-12(17(24)5-11)13-6-14(13)15-7-18(16-8-25-22(31)27-21(16)30)28-29-9-19(10-1-2-10)26-20(15)29/h3-5,7-10,13-14H,1-2,6H2,(H2,25,27,30,31)/t13-,14+/m1/s1. The van der Waals surface area contributed by atoms with E-state index in [2.05, 4.69) is 15.1 Å². The van der Waals surface area contributed by atoms with Crippen LogP contribution in [0.1, 0.15) is 53.8 Å². The number of aromatic nitrogens is 5. The molecule has 2 N–H and O–H groups in total. The quantitative estimate of drug-likeness (QED) is 0.529. The number of aromatic amines is 2. The second kappa shape index (κ2) is 6.44. The lowest BCUT2D eigenvalue weighted by molar-refractivity contribution is 0.572. The van der Waals surface area contributed by atoms with Crippen LogP contribution in [0, 0.1) is 11.6 Å². The number of H-pyrrole nitrogens is 2. The van der Waals surface area contributed by atoms with Gasteiger partial charge in [0, 0.05) is 23.7 Å². The molecule has 2 aliphatic rings. The van der Waals surface area contributed by atoms with Crippen LogP contribution in [0.3, 0.4) is 0 Å². The van der Waals surface area contributed by atoms with Crippen LogP contribution in [0.4, 0.5) is 8.78 Å². The molecule has 0 amide bonds. The van der Waals surface area contributed by atoms with E-state index >= 15 is 0 Å². The van der Waals surface area contributed by atoms with Gasteiger partial charge in [0.1, 0.15) is 11.6 Å². The summed E-state index contributed by atoms with van der Waals surface area (Å²) in [5.74, 6) is -0.877. The number of benzene rings is 1. The Balaban J connectivity index is 1.49. The molecule has 9 heteroatoms. The number of rotatable bonds is 4. The molecule has 2 fully saturated rings. The minimum Gasteiger partial charge on any atom is -0.313 e. The molecule has 3 aromatic heterocycles. The topological polar surface area (TPSA) is 95.9 Å². The van der Waals surface area contributed by atoms with Crippen molar-refractivity contribution in [2.75, 3.05) is 0 Å². The summed E-state index contributed by atoms with van der Waals surface area (Å²) in [5, 5.41) is 4.55. The van der Waals surface area contributed by atoms with Crippen molar-refractivity contribution in [2.24, 2.45) is 0 Å². The zero-order valence-electron chi connectivity index (χ0n) is 16.2. The van der Waals surface area contributed by atoms with Gasteiger partial charge in [0.2, 0.25) is 0 Å². The third-order valence-corrected chi connectivity index (χ3v) is 6.12. The fourth-order valence-corrected chi connectivity index (χ4v) is 4.28. The SMILES string of the molecule is O=c1[nH]cc(-c2cc([C@H]3C[C@@H]3c3ccc(F)cc3F)c3nc(C4CC4)cn3n2)c(=O)[nH]1. The van der Waals surface area contributed by atoms with Crippen LogP contribution < -0.4 is 11.2 Å². The molecular formula is C22H17F2N5O2. The largest absolute Gasteiger partial charge is 0.325 e. The van der Waals surface area contributed by atoms with E-state index in [1.807, 2.05) is 6.20 Å². The zero-order valence-corrected chi connectivity index (χ0v) is 16.2. The number of nitrogens with one attached hydrogen (secondary N) is 2. The molecule has 0 unspecified atom stereocenters. The molecule has 2 aliphatic carbocycles. The monoisotopic (exact) mass is 421 g/mol. The first-order chi connectivity index (χ1) is 15.0. The van der Waals surface area contributed by atoms with Gasteiger partial charge in [-0.05, 0) is 48.8 Å². The number of halogens is 2. The molecule has 31 heavy (non-hydrogen) atoms. The number of nitrogens with zero attached hydrogens (tertiary/aromatic N) is 3. The van der Waals surface area contributed by atoms with Crippen molar-refractivity contribution >= 4 is 5.65 Å². The summed E-state index contributed by atoms with van der Waals surface area (Å²) in [4.78, 5) is 33.2. The van der Waals surface area contributed by atoms with Crippen molar-refractivity contribution in [3.8, 4) is 11.3 Å². The number of fused-ring (bicyclic) bond motifs is 1. The van der Waals surface area contributed by atoms with Gasteiger partial charge in [-0.3, -0.25) is 9.78 Å². The Bertz CT molecular complexity index is 1470. The van der Waals surface area contributed by atoms with E-state index < -0.39 is 22.9 Å². The van der Waals surface area contributed by atoms with Crippen molar-refractivity contribution in [1.29, 1.82) is 0 Å².